The number of aliphatic hydroxyl groups is 1. The molecule has 4 aromatic rings. The largest absolute Gasteiger partial charge is 0.507 e. The summed E-state index contributed by atoms with van der Waals surface area (Å²) in [7, 11) is 0. The predicted octanol–water partition coefficient (Wildman–Crippen LogP) is 4.89. The Balaban J connectivity index is 1.71. The molecule has 7 heteroatoms. The van der Waals surface area contributed by atoms with E-state index in [2.05, 4.69) is 9.97 Å². The van der Waals surface area contributed by atoms with Gasteiger partial charge in [-0.25, -0.2) is 9.37 Å². The third-order valence-electron chi connectivity index (χ3n) is 5.87. The van der Waals surface area contributed by atoms with E-state index in [-0.39, 0.29) is 17.3 Å². The highest BCUT2D eigenvalue weighted by Gasteiger charge is 2.48. The van der Waals surface area contributed by atoms with Crippen LogP contribution in [0.1, 0.15) is 29.7 Å². The van der Waals surface area contributed by atoms with E-state index in [4.69, 9.17) is 0 Å². The highest BCUT2D eigenvalue weighted by molar-refractivity contribution is 6.51. The van der Waals surface area contributed by atoms with Gasteiger partial charge in [-0.1, -0.05) is 55.5 Å². The molecule has 1 fully saturated rings. The standard InChI is InChI=1S/C26H20FN3O3/c1-2-15-7-9-17(10-8-15)23(31)21-22(16-11-13-18(27)14-12-16)30(25(33)24(21)32)26-28-19-5-3-4-6-20(19)29-26/h3-14,22,31H,2H2,1H3,(H,28,29)/b23-21+. The zero-order valence-electron chi connectivity index (χ0n) is 17.7. The number of ketones is 1. The minimum atomic E-state index is -0.975. The molecule has 33 heavy (non-hydrogen) atoms. The van der Waals surface area contributed by atoms with Gasteiger partial charge in [0.15, 0.2) is 0 Å². The second kappa shape index (κ2) is 8.02. The van der Waals surface area contributed by atoms with Gasteiger partial charge >= 0.3 is 5.91 Å². The van der Waals surface area contributed by atoms with E-state index in [0.717, 1.165) is 12.0 Å². The third-order valence-corrected chi connectivity index (χ3v) is 5.87. The number of aromatic amines is 1. The lowest BCUT2D eigenvalue weighted by Gasteiger charge is -2.23. The van der Waals surface area contributed by atoms with Gasteiger partial charge in [-0.15, -0.1) is 0 Å². The Morgan fingerprint density at radius 1 is 1.03 bits per heavy atom. The summed E-state index contributed by atoms with van der Waals surface area (Å²) >= 11 is 0. The van der Waals surface area contributed by atoms with Crippen LogP contribution in [0.15, 0.2) is 78.4 Å². The van der Waals surface area contributed by atoms with Crippen LogP contribution in [0.2, 0.25) is 0 Å². The number of hydrogen-bond donors (Lipinski definition) is 2. The molecule has 1 unspecified atom stereocenters. The van der Waals surface area contributed by atoms with Gasteiger partial charge in [-0.05, 0) is 41.8 Å². The molecule has 0 spiro atoms. The Bertz CT molecular complexity index is 1370. The maximum Gasteiger partial charge on any atom is 0.302 e. The van der Waals surface area contributed by atoms with Crippen LogP contribution in [0.3, 0.4) is 0 Å². The first-order chi connectivity index (χ1) is 16.0. The maximum absolute atomic E-state index is 13.7. The van der Waals surface area contributed by atoms with Gasteiger partial charge in [-0.2, -0.15) is 0 Å². The average Bonchev–Trinajstić information content (AvgIpc) is 3.38. The molecule has 1 aromatic heterocycles. The molecular weight excluding hydrogens is 421 g/mol. The van der Waals surface area contributed by atoms with Crippen molar-refractivity contribution in [3.05, 3.63) is 101 Å². The van der Waals surface area contributed by atoms with Crippen LogP contribution in [0.25, 0.3) is 16.8 Å². The van der Waals surface area contributed by atoms with Gasteiger partial charge in [0.25, 0.3) is 5.78 Å². The van der Waals surface area contributed by atoms with E-state index in [1.165, 1.54) is 29.2 Å². The summed E-state index contributed by atoms with van der Waals surface area (Å²) in [6.07, 6.45) is 0.826. The Morgan fingerprint density at radius 2 is 1.73 bits per heavy atom. The number of aryl methyl sites for hydroxylation is 1. The van der Waals surface area contributed by atoms with Crippen molar-refractivity contribution in [2.45, 2.75) is 19.4 Å². The Morgan fingerprint density at radius 3 is 2.39 bits per heavy atom. The fourth-order valence-electron chi connectivity index (χ4n) is 4.12. The Hall–Kier alpha value is -4.26. The van der Waals surface area contributed by atoms with Crippen molar-refractivity contribution in [1.82, 2.24) is 9.97 Å². The summed E-state index contributed by atoms with van der Waals surface area (Å²) in [4.78, 5) is 35.1. The third kappa shape index (κ3) is 3.47. The quantitative estimate of drug-likeness (QED) is 0.268. The van der Waals surface area contributed by atoms with E-state index >= 15 is 0 Å². The van der Waals surface area contributed by atoms with E-state index in [1.54, 1.807) is 18.2 Å². The number of aromatic nitrogens is 2. The topological polar surface area (TPSA) is 86.3 Å². The van der Waals surface area contributed by atoms with E-state index in [1.807, 2.05) is 37.3 Å². The van der Waals surface area contributed by atoms with E-state index in [9.17, 15) is 19.1 Å². The van der Waals surface area contributed by atoms with Crippen molar-refractivity contribution in [2.75, 3.05) is 4.90 Å². The molecular formula is C26H20FN3O3. The number of Topliss-reactive ketones (excluding diaryl/α,β-unsaturated/α-hetero) is 1. The fourth-order valence-corrected chi connectivity index (χ4v) is 4.12. The smallest absolute Gasteiger partial charge is 0.302 e. The Labute approximate surface area is 189 Å². The fraction of sp³-hybridized carbons (Fsp3) is 0.115. The van der Waals surface area contributed by atoms with Crippen LogP contribution < -0.4 is 4.90 Å². The second-order valence-electron chi connectivity index (χ2n) is 7.85. The summed E-state index contributed by atoms with van der Waals surface area (Å²) in [5.41, 5.74) is 3.22. The first-order valence-corrected chi connectivity index (χ1v) is 10.6. The average molecular weight is 441 g/mol. The highest BCUT2D eigenvalue weighted by atomic mass is 19.1. The number of amides is 1. The zero-order valence-corrected chi connectivity index (χ0v) is 17.7. The number of benzene rings is 3. The maximum atomic E-state index is 13.7. The lowest BCUT2D eigenvalue weighted by Crippen LogP contribution is -2.30. The molecule has 1 aliphatic rings. The van der Waals surface area contributed by atoms with Gasteiger partial charge in [0.1, 0.15) is 11.6 Å². The normalized spacial score (nSPS) is 17.8. The van der Waals surface area contributed by atoms with Crippen molar-refractivity contribution in [3.8, 4) is 0 Å². The molecule has 5 rings (SSSR count). The summed E-state index contributed by atoms with van der Waals surface area (Å²) < 4.78 is 13.7. The highest BCUT2D eigenvalue weighted by Crippen LogP contribution is 2.41. The summed E-state index contributed by atoms with van der Waals surface area (Å²) in [6.45, 7) is 2.02. The number of aliphatic hydroxyl groups excluding tert-OH is 1. The van der Waals surface area contributed by atoms with Gasteiger partial charge in [-0.3, -0.25) is 14.5 Å². The van der Waals surface area contributed by atoms with Crippen molar-refractivity contribution in [1.29, 1.82) is 0 Å². The number of nitrogens with zero attached hydrogens (tertiary/aromatic N) is 2. The van der Waals surface area contributed by atoms with Crippen LogP contribution in [-0.4, -0.2) is 26.8 Å². The first kappa shape index (κ1) is 20.6. The van der Waals surface area contributed by atoms with Crippen molar-refractivity contribution in [3.63, 3.8) is 0 Å². The molecule has 6 nitrogen and oxygen atoms in total. The predicted molar refractivity (Wildman–Crippen MR) is 123 cm³/mol. The van der Waals surface area contributed by atoms with Gasteiger partial charge in [0.05, 0.1) is 22.6 Å². The van der Waals surface area contributed by atoms with Gasteiger partial charge in [0.2, 0.25) is 5.95 Å². The minimum Gasteiger partial charge on any atom is -0.507 e. The van der Waals surface area contributed by atoms with Gasteiger partial charge < -0.3 is 10.1 Å². The van der Waals surface area contributed by atoms with Crippen LogP contribution in [0.5, 0.6) is 0 Å². The Kier molecular flexibility index (Phi) is 5.01. The number of carbonyl (C=O) groups is 2. The number of carbonyl (C=O) groups excluding carboxylic acids is 2. The number of para-hydroxylation sites is 2. The number of halogens is 1. The molecule has 1 amide bonds. The molecule has 1 aliphatic heterocycles. The zero-order chi connectivity index (χ0) is 23.1. The van der Waals surface area contributed by atoms with Crippen molar-refractivity contribution < 1.29 is 19.1 Å². The van der Waals surface area contributed by atoms with Crippen LogP contribution in [0.4, 0.5) is 10.3 Å². The molecule has 164 valence electrons. The lowest BCUT2D eigenvalue weighted by molar-refractivity contribution is -0.132. The molecule has 1 atom stereocenters. The molecule has 2 N–H and O–H groups in total. The monoisotopic (exact) mass is 441 g/mol. The van der Waals surface area contributed by atoms with Crippen LogP contribution in [0, 0.1) is 5.82 Å². The summed E-state index contributed by atoms with van der Waals surface area (Å²) in [6, 6.07) is 18.9. The molecule has 0 bridgehead atoms. The van der Waals surface area contributed by atoms with E-state index in [0.29, 0.717) is 22.2 Å². The van der Waals surface area contributed by atoms with Crippen LogP contribution in [-0.2, 0) is 16.0 Å². The number of anilines is 1. The molecule has 0 saturated carbocycles. The second-order valence-corrected chi connectivity index (χ2v) is 7.85. The number of imidazole rings is 1. The van der Waals surface area contributed by atoms with Crippen molar-refractivity contribution >= 4 is 34.4 Å². The lowest BCUT2D eigenvalue weighted by atomic mass is 9.95. The summed E-state index contributed by atoms with van der Waals surface area (Å²) in [5, 5.41) is 11.1. The number of fused-ring (bicyclic) bond motifs is 1. The number of rotatable bonds is 4. The first-order valence-electron chi connectivity index (χ1n) is 10.6. The number of H-pyrrole nitrogens is 1. The number of hydrogen-bond acceptors (Lipinski definition) is 4. The van der Waals surface area contributed by atoms with E-state index < -0.39 is 23.5 Å². The molecule has 0 aliphatic carbocycles. The number of nitrogens with one attached hydrogen (secondary N) is 1. The van der Waals surface area contributed by atoms with Crippen molar-refractivity contribution in [2.24, 2.45) is 0 Å². The molecule has 0 radical (unpaired) electrons. The SMILES string of the molecule is CCc1ccc(/C(O)=C2\C(=O)C(=O)N(c3nc4ccccc4[nH]3)C2c2ccc(F)cc2)cc1. The molecule has 2 heterocycles. The van der Waals surface area contributed by atoms with Gasteiger partial charge in [0, 0.05) is 5.56 Å². The minimum absolute atomic E-state index is 0.0729. The molecule has 3 aromatic carbocycles. The molecule has 1 saturated heterocycles. The van der Waals surface area contributed by atoms with Crippen LogP contribution >= 0.6 is 0 Å². The summed E-state index contributed by atoms with van der Waals surface area (Å²) in [5.74, 6) is -2.22.